The number of carbonyl (C=O) groups is 1. The Bertz CT molecular complexity index is 1400. The fraction of sp³-hybridized carbons (Fsp3) is 0.240. The largest absolute Gasteiger partial charge is 0.494 e. The topological polar surface area (TPSA) is 69.9 Å². The summed E-state index contributed by atoms with van der Waals surface area (Å²) in [5, 5.41) is 0. The number of hydrogen-bond donors (Lipinski definition) is 0. The van der Waals surface area contributed by atoms with Crippen LogP contribution in [-0.4, -0.2) is 23.8 Å². The molecule has 3 aromatic rings. The van der Waals surface area contributed by atoms with Crippen LogP contribution in [0.3, 0.4) is 0 Å². The molecule has 0 amide bonds. The Kier molecular flexibility index (Phi) is 6.55. The molecule has 33 heavy (non-hydrogen) atoms. The van der Waals surface area contributed by atoms with Crippen molar-refractivity contribution in [1.29, 1.82) is 0 Å². The first kappa shape index (κ1) is 22.7. The van der Waals surface area contributed by atoms with E-state index in [-0.39, 0.29) is 18.0 Å². The molecule has 0 fully saturated rings. The van der Waals surface area contributed by atoms with Gasteiger partial charge in [-0.15, -0.1) is 0 Å². The fourth-order valence-electron chi connectivity index (χ4n) is 3.79. The molecule has 2 aromatic carbocycles. The summed E-state index contributed by atoms with van der Waals surface area (Å²) in [6.07, 6.45) is 1.69. The van der Waals surface area contributed by atoms with Gasteiger partial charge in [0.25, 0.3) is 5.56 Å². The molecule has 0 saturated carbocycles. The summed E-state index contributed by atoms with van der Waals surface area (Å²) >= 11 is 1.22. The molecule has 0 bridgehead atoms. The van der Waals surface area contributed by atoms with E-state index < -0.39 is 12.0 Å². The summed E-state index contributed by atoms with van der Waals surface area (Å²) in [6, 6.07) is 12.5. The molecule has 1 aliphatic rings. The Morgan fingerprint density at radius 3 is 2.58 bits per heavy atom. The summed E-state index contributed by atoms with van der Waals surface area (Å²) in [5.74, 6) is -0.298. The number of carbonyl (C=O) groups excluding carboxylic acids is 1. The van der Waals surface area contributed by atoms with Crippen LogP contribution in [0.5, 0.6) is 5.75 Å². The Morgan fingerprint density at radius 1 is 1.15 bits per heavy atom. The van der Waals surface area contributed by atoms with Crippen molar-refractivity contribution in [1.82, 2.24) is 4.57 Å². The molecular formula is C25H23FN2O4S. The van der Waals surface area contributed by atoms with Gasteiger partial charge >= 0.3 is 5.97 Å². The quantitative estimate of drug-likeness (QED) is 0.523. The lowest BCUT2D eigenvalue weighted by atomic mass is 9.95. The number of hydrogen-bond acceptors (Lipinski definition) is 6. The van der Waals surface area contributed by atoms with E-state index in [1.807, 2.05) is 31.2 Å². The van der Waals surface area contributed by atoms with Gasteiger partial charge in [-0.3, -0.25) is 9.36 Å². The normalized spacial score (nSPS) is 15.8. The van der Waals surface area contributed by atoms with Crippen molar-refractivity contribution in [2.24, 2.45) is 4.99 Å². The van der Waals surface area contributed by atoms with Gasteiger partial charge in [-0.2, -0.15) is 0 Å². The van der Waals surface area contributed by atoms with E-state index in [0.717, 1.165) is 0 Å². The summed E-state index contributed by atoms with van der Waals surface area (Å²) in [6.45, 7) is 5.97. The predicted octanol–water partition coefficient (Wildman–Crippen LogP) is 3.34. The molecule has 1 atom stereocenters. The number of allylic oxidation sites excluding steroid dienone is 1. The van der Waals surface area contributed by atoms with Crippen molar-refractivity contribution in [3.8, 4) is 5.75 Å². The van der Waals surface area contributed by atoms with Crippen LogP contribution in [0.4, 0.5) is 4.39 Å². The van der Waals surface area contributed by atoms with Crippen molar-refractivity contribution in [3.05, 3.63) is 96.4 Å². The van der Waals surface area contributed by atoms with Gasteiger partial charge in [-0.25, -0.2) is 14.2 Å². The molecule has 0 N–H and O–H groups in total. The zero-order chi connectivity index (χ0) is 23.5. The molecule has 1 aliphatic heterocycles. The number of halogens is 1. The number of nitrogens with zero attached hydrogens (tertiary/aromatic N) is 2. The SMILES string of the molecule is CCOC(=O)C1=C(C)N=c2s/c(=C\c3ccc(F)cc3)c(=O)n2[C@H]1c1ccccc1OCC. The van der Waals surface area contributed by atoms with Crippen molar-refractivity contribution in [2.45, 2.75) is 26.8 Å². The van der Waals surface area contributed by atoms with E-state index in [9.17, 15) is 14.0 Å². The van der Waals surface area contributed by atoms with E-state index in [2.05, 4.69) is 4.99 Å². The summed E-state index contributed by atoms with van der Waals surface area (Å²) in [5.41, 5.74) is 1.85. The Morgan fingerprint density at radius 2 is 1.88 bits per heavy atom. The van der Waals surface area contributed by atoms with Crippen LogP contribution in [-0.2, 0) is 9.53 Å². The van der Waals surface area contributed by atoms with Gasteiger partial charge in [0.2, 0.25) is 0 Å². The highest BCUT2D eigenvalue weighted by Gasteiger charge is 2.34. The number of benzene rings is 2. The van der Waals surface area contributed by atoms with E-state index in [1.165, 1.54) is 28.0 Å². The highest BCUT2D eigenvalue weighted by molar-refractivity contribution is 7.07. The number of ether oxygens (including phenoxy) is 2. The zero-order valence-electron chi connectivity index (χ0n) is 18.5. The number of rotatable bonds is 6. The molecule has 0 saturated heterocycles. The first-order valence-electron chi connectivity index (χ1n) is 10.6. The van der Waals surface area contributed by atoms with Crippen LogP contribution in [0, 0.1) is 5.82 Å². The van der Waals surface area contributed by atoms with Crippen molar-refractivity contribution in [2.75, 3.05) is 13.2 Å². The van der Waals surface area contributed by atoms with E-state index in [4.69, 9.17) is 9.47 Å². The number of aromatic nitrogens is 1. The molecule has 6 nitrogen and oxygen atoms in total. The molecule has 2 heterocycles. The van der Waals surface area contributed by atoms with E-state index >= 15 is 0 Å². The van der Waals surface area contributed by atoms with Gasteiger partial charge in [-0.05, 0) is 50.6 Å². The second kappa shape index (κ2) is 9.54. The van der Waals surface area contributed by atoms with Crippen LogP contribution in [0.25, 0.3) is 6.08 Å². The molecule has 170 valence electrons. The highest BCUT2D eigenvalue weighted by atomic mass is 32.1. The average Bonchev–Trinajstić information content (AvgIpc) is 3.10. The third-order valence-electron chi connectivity index (χ3n) is 5.20. The van der Waals surface area contributed by atoms with E-state index in [1.54, 1.807) is 32.1 Å². The van der Waals surface area contributed by atoms with Crippen molar-refractivity contribution < 1.29 is 18.7 Å². The standard InChI is InChI=1S/C25H23FN2O4S/c1-4-31-19-9-7-6-8-18(19)22-21(24(30)32-5-2)15(3)27-25-28(22)23(29)20(33-25)14-16-10-12-17(26)13-11-16/h6-14,22H,4-5H2,1-3H3/b20-14-/t22-/m0/s1. The third kappa shape index (κ3) is 4.39. The third-order valence-corrected chi connectivity index (χ3v) is 6.18. The van der Waals surface area contributed by atoms with Gasteiger partial charge in [0.15, 0.2) is 4.80 Å². The predicted molar refractivity (Wildman–Crippen MR) is 124 cm³/mol. The Balaban J connectivity index is 1.98. The smallest absolute Gasteiger partial charge is 0.338 e. The second-order valence-electron chi connectivity index (χ2n) is 7.32. The second-order valence-corrected chi connectivity index (χ2v) is 8.33. The maximum atomic E-state index is 13.6. The Hall–Kier alpha value is -3.52. The monoisotopic (exact) mass is 466 g/mol. The van der Waals surface area contributed by atoms with Crippen LogP contribution >= 0.6 is 11.3 Å². The van der Waals surface area contributed by atoms with Crippen LogP contribution in [0.2, 0.25) is 0 Å². The van der Waals surface area contributed by atoms with Crippen LogP contribution < -0.4 is 19.6 Å². The molecule has 0 radical (unpaired) electrons. The summed E-state index contributed by atoms with van der Waals surface area (Å²) < 4.78 is 26.4. The van der Waals surface area contributed by atoms with Gasteiger partial charge in [0.1, 0.15) is 17.6 Å². The number of thiazole rings is 1. The van der Waals surface area contributed by atoms with Gasteiger partial charge < -0.3 is 9.47 Å². The van der Waals surface area contributed by atoms with Gasteiger partial charge in [0.05, 0.1) is 29.0 Å². The first-order chi connectivity index (χ1) is 15.9. The minimum atomic E-state index is -0.751. The molecule has 4 rings (SSSR count). The maximum absolute atomic E-state index is 13.6. The lowest BCUT2D eigenvalue weighted by molar-refractivity contribution is -0.139. The fourth-order valence-corrected chi connectivity index (χ4v) is 4.84. The van der Waals surface area contributed by atoms with Crippen LogP contribution in [0.15, 0.2) is 69.6 Å². The highest BCUT2D eigenvalue weighted by Crippen LogP contribution is 2.35. The van der Waals surface area contributed by atoms with Gasteiger partial charge in [-0.1, -0.05) is 41.7 Å². The molecule has 0 aliphatic carbocycles. The molecular weight excluding hydrogens is 443 g/mol. The summed E-state index contributed by atoms with van der Waals surface area (Å²) in [7, 11) is 0. The molecule has 0 spiro atoms. The van der Waals surface area contributed by atoms with Crippen LogP contribution in [0.1, 0.15) is 37.9 Å². The molecule has 1 aromatic heterocycles. The lowest BCUT2D eigenvalue weighted by Crippen LogP contribution is -2.40. The number of para-hydroxylation sites is 1. The van der Waals surface area contributed by atoms with E-state index in [0.29, 0.717) is 44.1 Å². The van der Waals surface area contributed by atoms with Crippen molar-refractivity contribution >= 4 is 23.4 Å². The van der Waals surface area contributed by atoms with Crippen molar-refractivity contribution in [3.63, 3.8) is 0 Å². The summed E-state index contributed by atoms with van der Waals surface area (Å²) in [4.78, 5) is 31.6. The first-order valence-corrected chi connectivity index (χ1v) is 11.4. The lowest BCUT2D eigenvalue weighted by Gasteiger charge is -2.26. The maximum Gasteiger partial charge on any atom is 0.338 e. The molecule has 0 unspecified atom stereocenters. The zero-order valence-corrected chi connectivity index (χ0v) is 19.3. The average molecular weight is 467 g/mol. The number of fused-ring (bicyclic) bond motifs is 1. The minimum absolute atomic E-state index is 0.199. The molecule has 8 heteroatoms. The van der Waals surface area contributed by atoms with Gasteiger partial charge in [0, 0.05) is 5.56 Å². The Labute approximate surface area is 193 Å². The minimum Gasteiger partial charge on any atom is -0.494 e. The number of esters is 1.